The van der Waals surface area contributed by atoms with Crippen molar-refractivity contribution in [2.24, 2.45) is 0 Å². The number of ether oxygens (including phenoxy) is 1. The number of nitrogens with one attached hydrogen (secondary N) is 3. The SMILES string of the molecule is CCOC(=O)C1=C(c2ccc([N+](=O)[O-])cc2)Nc2[nH]c(=O)[nH]c(=O)c2[C@@H]1c1ccccc1. The molecule has 4 rings (SSSR count). The lowest BCUT2D eigenvalue weighted by Gasteiger charge is -2.30. The molecule has 0 saturated heterocycles. The third-order valence-electron chi connectivity index (χ3n) is 5.07. The summed E-state index contributed by atoms with van der Waals surface area (Å²) in [5.74, 6) is -1.37. The number of rotatable bonds is 5. The van der Waals surface area contributed by atoms with Gasteiger partial charge in [-0.2, -0.15) is 0 Å². The number of benzene rings is 2. The molecular formula is C22H18N4O6. The molecule has 1 aromatic heterocycles. The summed E-state index contributed by atoms with van der Waals surface area (Å²) in [6.45, 7) is 1.77. The molecule has 0 fully saturated rings. The van der Waals surface area contributed by atoms with Crippen molar-refractivity contribution >= 4 is 23.2 Å². The van der Waals surface area contributed by atoms with Crippen LogP contribution in [0.25, 0.3) is 5.70 Å². The molecule has 1 aliphatic rings. The highest BCUT2D eigenvalue weighted by Crippen LogP contribution is 2.42. The van der Waals surface area contributed by atoms with Gasteiger partial charge in [-0.3, -0.25) is 24.9 Å². The van der Waals surface area contributed by atoms with Gasteiger partial charge in [0.25, 0.3) is 11.2 Å². The lowest BCUT2D eigenvalue weighted by molar-refractivity contribution is -0.384. The minimum absolute atomic E-state index is 0.103. The number of carbonyl (C=O) groups is 1. The van der Waals surface area contributed by atoms with Crippen LogP contribution in [0.15, 0.2) is 69.8 Å². The number of hydrogen-bond donors (Lipinski definition) is 3. The van der Waals surface area contributed by atoms with Gasteiger partial charge in [-0.25, -0.2) is 9.59 Å². The fraction of sp³-hybridized carbons (Fsp3) is 0.136. The summed E-state index contributed by atoms with van der Waals surface area (Å²) in [7, 11) is 0. The average molecular weight is 434 g/mol. The second-order valence-corrected chi connectivity index (χ2v) is 6.98. The van der Waals surface area contributed by atoms with E-state index in [1.807, 2.05) is 0 Å². The van der Waals surface area contributed by atoms with Crippen LogP contribution < -0.4 is 16.6 Å². The lowest BCUT2D eigenvalue weighted by atomic mass is 9.81. The third kappa shape index (κ3) is 3.69. The number of nitro groups is 1. The Morgan fingerprint density at radius 3 is 2.38 bits per heavy atom. The molecule has 0 bridgehead atoms. The summed E-state index contributed by atoms with van der Waals surface area (Å²) in [4.78, 5) is 53.2. The van der Waals surface area contributed by atoms with Crippen LogP contribution in [0.3, 0.4) is 0 Å². The summed E-state index contributed by atoms with van der Waals surface area (Å²) in [5, 5.41) is 14.0. The second-order valence-electron chi connectivity index (χ2n) is 6.98. The molecule has 0 saturated carbocycles. The topological polar surface area (TPSA) is 147 Å². The predicted octanol–water partition coefficient (Wildman–Crippen LogP) is 2.50. The zero-order valence-electron chi connectivity index (χ0n) is 16.9. The summed E-state index contributed by atoms with van der Waals surface area (Å²) in [6.07, 6.45) is 0. The molecule has 2 heterocycles. The third-order valence-corrected chi connectivity index (χ3v) is 5.07. The number of fused-ring (bicyclic) bond motifs is 1. The normalized spacial score (nSPS) is 15.0. The van der Waals surface area contributed by atoms with Crippen LogP contribution in [0.2, 0.25) is 0 Å². The van der Waals surface area contributed by atoms with Crippen LogP contribution in [0.5, 0.6) is 0 Å². The predicted molar refractivity (Wildman–Crippen MR) is 116 cm³/mol. The number of esters is 1. The minimum atomic E-state index is -0.850. The Bertz CT molecular complexity index is 1340. The fourth-order valence-corrected chi connectivity index (χ4v) is 3.74. The van der Waals surface area contributed by atoms with Crippen molar-refractivity contribution in [2.45, 2.75) is 12.8 Å². The standard InChI is InChI=1S/C22H18N4O6/c1-2-32-21(28)16-15(12-6-4-3-5-7-12)17-19(24-22(29)25-20(17)27)23-18(16)13-8-10-14(11-9-13)26(30)31/h3-11,15H,2H2,1H3,(H3,23,24,25,27,29)/t15-/m1/s1. The summed E-state index contributed by atoms with van der Waals surface area (Å²) < 4.78 is 5.30. The van der Waals surface area contributed by atoms with Crippen LogP contribution in [0.4, 0.5) is 11.5 Å². The van der Waals surface area contributed by atoms with Gasteiger partial charge in [0.1, 0.15) is 5.82 Å². The summed E-state index contributed by atoms with van der Waals surface area (Å²) in [5.41, 5.74) is 0.196. The maximum atomic E-state index is 13.1. The largest absolute Gasteiger partial charge is 0.463 e. The second kappa shape index (κ2) is 8.34. The Labute approximate surface area is 180 Å². The van der Waals surface area contributed by atoms with E-state index >= 15 is 0 Å². The van der Waals surface area contributed by atoms with E-state index in [-0.39, 0.29) is 34.9 Å². The molecule has 0 spiro atoms. The Kier molecular flexibility index (Phi) is 5.42. The molecule has 3 N–H and O–H groups in total. The van der Waals surface area contributed by atoms with Gasteiger partial charge in [-0.1, -0.05) is 30.3 Å². The first kappa shape index (κ1) is 20.8. The highest BCUT2D eigenvalue weighted by molar-refractivity contribution is 6.04. The number of anilines is 1. The minimum Gasteiger partial charge on any atom is -0.463 e. The van der Waals surface area contributed by atoms with E-state index in [9.17, 15) is 24.5 Å². The Morgan fingerprint density at radius 1 is 1.06 bits per heavy atom. The van der Waals surface area contributed by atoms with E-state index in [1.165, 1.54) is 24.3 Å². The Morgan fingerprint density at radius 2 is 1.75 bits per heavy atom. The quantitative estimate of drug-likeness (QED) is 0.317. The Balaban J connectivity index is 2.03. The van der Waals surface area contributed by atoms with Crippen molar-refractivity contribution in [1.82, 2.24) is 9.97 Å². The molecule has 0 amide bonds. The van der Waals surface area contributed by atoms with Crippen molar-refractivity contribution in [2.75, 3.05) is 11.9 Å². The molecule has 0 aliphatic carbocycles. The van der Waals surface area contributed by atoms with Crippen LogP contribution >= 0.6 is 0 Å². The van der Waals surface area contributed by atoms with Gasteiger partial charge in [0.05, 0.1) is 34.3 Å². The molecule has 0 radical (unpaired) electrons. The molecule has 0 unspecified atom stereocenters. The Hall–Kier alpha value is -4.47. The maximum absolute atomic E-state index is 13.1. The summed E-state index contributed by atoms with van der Waals surface area (Å²) >= 11 is 0. The molecule has 1 atom stereocenters. The van der Waals surface area contributed by atoms with Crippen LogP contribution in [0.1, 0.15) is 29.5 Å². The zero-order valence-corrected chi connectivity index (χ0v) is 16.9. The van der Waals surface area contributed by atoms with E-state index in [0.717, 1.165) is 0 Å². The van der Waals surface area contributed by atoms with Crippen molar-refractivity contribution in [1.29, 1.82) is 0 Å². The van der Waals surface area contributed by atoms with Crippen molar-refractivity contribution in [3.63, 3.8) is 0 Å². The number of non-ortho nitro benzene ring substituents is 1. The van der Waals surface area contributed by atoms with Gasteiger partial charge >= 0.3 is 11.7 Å². The smallest absolute Gasteiger partial charge is 0.337 e. The molecule has 10 heteroatoms. The van der Waals surface area contributed by atoms with Gasteiger partial charge in [0.15, 0.2) is 0 Å². The number of hydrogen-bond acceptors (Lipinski definition) is 7. The van der Waals surface area contributed by atoms with Gasteiger partial charge < -0.3 is 10.1 Å². The van der Waals surface area contributed by atoms with Gasteiger partial charge in [0, 0.05) is 12.1 Å². The first-order valence-corrected chi connectivity index (χ1v) is 9.75. The van der Waals surface area contributed by atoms with E-state index < -0.39 is 28.1 Å². The van der Waals surface area contributed by atoms with Crippen LogP contribution in [-0.4, -0.2) is 27.5 Å². The van der Waals surface area contributed by atoms with Gasteiger partial charge in [-0.15, -0.1) is 0 Å². The molecule has 2 aromatic carbocycles. The van der Waals surface area contributed by atoms with E-state index in [0.29, 0.717) is 11.1 Å². The number of nitrogens with zero attached hydrogens (tertiary/aromatic N) is 1. The maximum Gasteiger partial charge on any atom is 0.337 e. The average Bonchev–Trinajstić information content (AvgIpc) is 2.78. The van der Waals surface area contributed by atoms with Gasteiger partial charge in [0.2, 0.25) is 0 Å². The molecule has 32 heavy (non-hydrogen) atoms. The van der Waals surface area contributed by atoms with Crippen LogP contribution in [-0.2, 0) is 9.53 Å². The molecule has 3 aromatic rings. The monoisotopic (exact) mass is 434 g/mol. The fourth-order valence-electron chi connectivity index (χ4n) is 3.74. The number of nitro benzene ring substituents is 1. The van der Waals surface area contributed by atoms with Crippen molar-refractivity contribution in [3.8, 4) is 0 Å². The number of H-pyrrole nitrogens is 2. The molecular weight excluding hydrogens is 416 g/mol. The summed E-state index contributed by atoms with van der Waals surface area (Å²) in [6, 6.07) is 14.4. The van der Waals surface area contributed by atoms with Gasteiger partial charge in [-0.05, 0) is 30.2 Å². The van der Waals surface area contributed by atoms with E-state index in [2.05, 4.69) is 15.3 Å². The van der Waals surface area contributed by atoms with Crippen LogP contribution in [0, 0.1) is 10.1 Å². The molecule has 1 aliphatic heterocycles. The zero-order chi connectivity index (χ0) is 22.8. The number of aromatic amines is 2. The van der Waals surface area contributed by atoms with E-state index in [1.54, 1.807) is 37.3 Å². The molecule has 162 valence electrons. The van der Waals surface area contributed by atoms with Crippen molar-refractivity contribution in [3.05, 3.63) is 108 Å². The van der Waals surface area contributed by atoms with Crippen molar-refractivity contribution < 1.29 is 14.5 Å². The number of carbonyl (C=O) groups excluding carboxylic acids is 1. The number of aromatic nitrogens is 2. The molecule has 10 nitrogen and oxygen atoms in total. The first-order valence-electron chi connectivity index (χ1n) is 9.75. The first-order chi connectivity index (χ1) is 15.4. The highest BCUT2D eigenvalue weighted by Gasteiger charge is 2.37. The lowest BCUT2D eigenvalue weighted by Crippen LogP contribution is -2.35. The highest BCUT2D eigenvalue weighted by atomic mass is 16.6. The van der Waals surface area contributed by atoms with E-state index in [4.69, 9.17) is 4.74 Å².